The molecule has 3 rings (SSSR count). The van der Waals surface area contributed by atoms with Gasteiger partial charge in [0, 0.05) is 6.54 Å². The van der Waals surface area contributed by atoms with Crippen molar-refractivity contribution in [3.05, 3.63) is 66.2 Å². The van der Waals surface area contributed by atoms with Gasteiger partial charge in [-0.15, -0.1) is 0 Å². The van der Waals surface area contributed by atoms with E-state index >= 15 is 0 Å². The van der Waals surface area contributed by atoms with Gasteiger partial charge in [-0.1, -0.05) is 48.5 Å². The summed E-state index contributed by atoms with van der Waals surface area (Å²) in [6.07, 6.45) is 0.356. The number of nitrogens with one attached hydrogen (secondary N) is 1. The van der Waals surface area contributed by atoms with Crippen molar-refractivity contribution in [2.24, 2.45) is 0 Å². The SMILES string of the molecule is O=C(NS(=O)(=O)c1ccccc1)[C@H]1CCCN1C(=O)OCc1ccccc1. The molecule has 27 heavy (non-hydrogen) atoms. The Morgan fingerprint density at radius 3 is 2.33 bits per heavy atom. The Hall–Kier alpha value is -2.87. The summed E-state index contributed by atoms with van der Waals surface area (Å²) in [4.78, 5) is 26.1. The van der Waals surface area contributed by atoms with E-state index in [-0.39, 0.29) is 11.5 Å². The van der Waals surface area contributed by atoms with Crippen LogP contribution in [0.5, 0.6) is 0 Å². The molecule has 142 valence electrons. The second-order valence-electron chi connectivity index (χ2n) is 6.17. The summed E-state index contributed by atoms with van der Waals surface area (Å²) in [5, 5.41) is 0. The molecule has 0 aromatic heterocycles. The predicted octanol–water partition coefficient (Wildman–Crippen LogP) is 2.29. The summed E-state index contributed by atoms with van der Waals surface area (Å²) in [5.74, 6) is -0.729. The molecule has 0 radical (unpaired) electrons. The van der Waals surface area contributed by atoms with Crippen LogP contribution >= 0.6 is 0 Å². The van der Waals surface area contributed by atoms with Crippen LogP contribution in [0.2, 0.25) is 0 Å². The Morgan fingerprint density at radius 1 is 1.04 bits per heavy atom. The minimum atomic E-state index is -3.98. The van der Waals surface area contributed by atoms with Gasteiger partial charge in [0.05, 0.1) is 4.90 Å². The first kappa shape index (κ1) is 18.9. The average Bonchev–Trinajstić information content (AvgIpc) is 3.17. The minimum absolute atomic E-state index is 0.00505. The van der Waals surface area contributed by atoms with Gasteiger partial charge >= 0.3 is 6.09 Å². The Morgan fingerprint density at radius 2 is 1.67 bits per heavy atom. The Balaban J connectivity index is 1.63. The van der Waals surface area contributed by atoms with Crippen molar-refractivity contribution < 1.29 is 22.7 Å². The molecule has 2 amide bonds. The lowest BCUT2D eigenvalue weighted by atomic mass is 10.2. The van der Waals surface area contributed by atoms with Crippen LogP contribution in [0.4, 0.5) is 4.79 Å². The first-order valence-electron chi connectivity index (χ1n) is 8.56. The van der Waals surface area contributed by atoms with Crippen LogP contribution in [0.15, 0.2) is 65.6 Å². The van der Waals surface area contributed by atoms with Gasteiger partial charge in [-0.25, -0.2) is 17.9 Å². The lowest BCUT2D eigenvalue weighted by molar-refractivity contribution is -0.123. The lowest BCUT2D eigenvalue weighted by Crippen LogP contribution is -2.47. The van der Waals surface area contributed by atoms with Crippen LogP contribution in [0.1, 0.15) is 18.4 Å². The van der Waals surface area contributed by atoms with Gasteiger partial charge in [-0.2, -0.15) is 0 Å². The predicted molar refractivity (Wildman–Crippen MR) is 98.1 cm³/mol. The molecule has 1 aliphatic rings. The molecule has 2 aromatic carbocycles. The van der Waals surface area contributed by atoms with Gasteiger partial charge in [0.25, 0.3) is 15.9 Å². The number of rotatable bonds is 5. The van der Waals surface area contributed by atoms with Crippen molar-refractivity contribution in [3.8, 4) is 0 Å². The van der Waals surface area contributed by atoms with Crippen LogP contribution in [0.25, 0.3) is 0 Å². The van der Waals surface area contributed by atoms with Crippen LogP contribution in [-0.2, 0) is 26.2 Å². The number of ether oxygens (including phenoxy) is 1. The number of likely N-dealkylation sites (tertiary alicyclic amines) is 1. The number of hydrogen-bond acceptors (Lipinski definition) is 5. The number of sulfonamides is 1. The molecule has 0 saturated carbocycles. The molecule has 1 heterocycles. The number of carbonyl (C=O) groups is 2. The Bertz CT molecular complexity index is 900. The van der Waals surface area contributed by atoms with E-state index < -0.39 is 28.1 Å². The normalized spacial score (nSPS) is 16.7. The van der Waals surface area contributed by atoms with Gasteiger partial charge in [0.1, 0.15) is 12.6 Å². The van der Waals surface area contributed by atoms with Gasteiger partial charge in [-0.3, -0.25) is 9.69 Å². The third-order valence-electron chi connectivity index (χ3n) is 4.28. The maximum atomic E-state index is 12.5. The lowest BCUT2D eigenvalue weighted by Gasteiger charge is -2.23. The Labute approximate surface area is 158 Å². The second kappa shape index (κ2) is 8.22. The molecule has 0 spiro atoms. The number of benzene rings is 2. The highest BCUT2D eigenvalue weighted by atomic mass is 32.2. The molecule has 1 saturated heterocycles. The molecule has 7 nitrogen and oxygen atoms in total. The smallest absolute Gasteiger partial charge is 0.410 e. The zero-order chi connectivity index (χ0) is 19.3. The van der Waals surface area contributed by atoms with Gasteiger partial charge in [-0.05, 0) is 30.5 Å². The number of carbonyl (C=O) groups excluding carboxylic acids is 2. The maximum absolute atomic E-state index is 12.5. The third kappa shape index (κ3) is 4.65. The largest absolute Gasteiger partial charge is 0.445 e. The average molecular weight is 388 g/mol. The first-order valence-corrected chi connectivity index (χ1v) is 10.0. The molecule has 1 N–H and O–H groups in total. The third-order valence-corrected chi connectivity index (χ3v) is 5.65. The molecule has 0 bridgehead atoms. The van der Waals surface area contributed by atoms with Crippen LogP contribution in [0.3, 0.4) is 0 Å². The molecule has 1 aliphatic heterocycles. The topological polar surface area (TPSA) is 92.8 Å². The van der Waals surface area contributed by atoms with E-state index in [0.29, 0.717) is 19.4 Å². The van der Waals surface area contributed by atoms with Crippen molar-refractivity contribution in [1.82, 2.24) is 9.62 Å². The first-order chi connectivity index (χ1) is 13.0. The van der Waals surface area contributed by atoms with E-state index in [1.165, 1.54) is 17.0 Å². The molecule has 8 heteroatoms. The highest BCUT2D eigenvalue weighted by Crippen LogP contribution is 2.20. The van der Waals surface area contributed by atoms with Crippen LogP contribution in [0, 0.1) is 0 Å². The van der Waals surface area contributed by atoms with E-state index in [4.69, 9.17) is 4.74 Å². The van der Waals surface area contributed by atoms with E-state index in [1.807, 2.05) is 30.3 Å². The highest BCUT2D eigenvalue weighted by molar-refractivity contribution is 7.90. The van der Waals surface area contributed by atoms with Gasteiger partial charge < -0.3 is 4.74 Å². The van der Waals surface area contributed by atoms with Crippen molar-refractivity contribution in [1.29, 1.82) is 0 Å². The van der Waals surface area contributed by atoms with E-state index in [2.05, 4.69) is 4.72 Å². The summed E-state index contributed by atoms with van der Waals surface area (Å²) in [6, 6.07) is 15.9. The molecule has 1 fully saturated rings. The zero-order valence-corrected chi connectivity index (χ0v) is 15.4. The van der Waals surface area contributed by atoms with E-state index in [1.54, 1.807) is 18.2 Å². The molecule has 1 atom stereocenters. The van der Waals surface area contributed by atoms with Crippen LogP contribution in [-0.4, -0.2) is 37.9 Å². The zero-order valence-electron chi connectivity index (χ0n) is 14.6. The summed E-state index contributed by atoms with van der Waals surface area (Å²) in [6.45, 7) is 0.434. The van der Waals surface area contributed by atoms with Gasteiger partial charge in [0.15, 0.2) is 0 Å². The molecule has 0 aliphatic carbocycles. The van der Waals surface area contributed by atoms with Gasteiger partial charge in [0.2, 0.25) is 0 Å². The van der Waals surface area contributed by atoms with Crippen molar-refractivity contribution in [3.63, 3.8) is 0 Å². The molecule has 0 unspecified atom stereocenters. The Kier molecular flexibility index (Phi) is 5.75. The monoisotopic (exact) mass is 388 g/mol. The summed E-state index contributed by atoms with van der Waals surface area (Å²) >= 11 is 0. The van der Waals surface area contributed by atoms with E-state index in [9.17, 15) is 18.0 Å². The molecular weight excluding hydrogens is 368 g/mol. The number of amides is 2. The maximum Gasteiger partial charge on any atom is 0.410 e. The van der Waals surface area contributed by atoms with E-state index in [0.717, 1.165) is 5.56 Å². The summed E-state index contributed by atoms with van der Waals surface area (Å²) in [7, 11) is -3.98. The number of nitrogens with zero attached hydrogens (tertiary/aromatic N) is 1. The fraction of sp³-hybridized carbons (Fsp3) is 0.263. The summed E-state index contributed by atoms with van der Waals surface area (Å²) in [5.41, 5.74) is 0.831. The minimum Gasteiger partial charge on any atom is -0.445 e. The van der Waals surface area contributed by atoms with Crippen molar-refractivity contribution in [2.75, 3.05) is 6.54 Å². The van der Waals surface area contributed by atoms with Crippen molar-refractivity contribution >= 4 is 22.0 Å². The molecule has 2 aromatic rings. The standard InChI is InChI=1S/C19H20N2O5S/c22-18(20-27(24,25)16-10-5-2-6-11-16)17-12-7-13-21(17)19(23)26-14-15-8-3-1-4-9-15/h1-6,8-11,17H,7,12-14H2,(H,20,22)/t17-/m1/s1. The van der Waals surface area contributed by atoms with Crippen LogP contribution < -0.4 is 4.72 Å². The van der Waals surface area contributed by atoms with Crippen molar-refractivity contribution in [2.45, 2.75) is 30.4 Å². The quantitative estimate of drug-likeness (QED) is 0.848. The second-order valence-corrected chi connectivity index (χ2v) is 7.86. The fourth-order valence-electron chi connectivity index (χ4n) is 2.92. The number of hydrogen-bond donors (Lipinski definition) is 1. The molecular formula is C19H20N2O5S. The summed E-state index contributed by atoms with van der Waals surface area (Å²) < 4.78 is 32.0. The fourth-order valence-corrected chi connectivity index (χ4v) is 3.95. The highest BCUT2D eigenvalue weighted by Gasteiger charge is 2.36.